The van der Waals surface area contributed by atoms with Gasteiger partial charge in [-0.15, -0.1) is 0 Å². The predicted molar refractivity (Wildman–Crippen MR) is 108 cm³/mol. The number of thiazole rings is 1. The molecule has 0 saturated carbocycles. The average Bonchev–Trinajstić information content (AvgIpc) is 3.01. The lowest BCUT2D eigenvalue weighted by atomic mass is 10.3. The number of nitrogens with zero attached hydrogens (tertiary/aromatic N) is 3. The highest BCUT2D eigenvalue weighted by Crippen LogP contribution is 2.37. The van der Waals surface area contributed by atoms with E-state index in [0.29, 0.717) is 20.3 Å². The lowest BCUT2D eigenvalue weighted by Gasteiger charge is -2.19. The number of amides is 1. The minimum atomic E-state index is -4.42. The van der Waals surface area contributed by atoms with Crippen molar-refractivity contribution in [3.63, 3.8) is 0 Å². The SMILES string of the molecule is CCN(C(=O)CCS(=O)(=O)CCCC(F)(F)F)c1sc(-c2ccc[n+]([O-])c2)nc1Cl. The molecule has 0 aliphatic carbocycles. The largest absolute Gasteiger partial charge is 0.619 e. The molecule has 2 rings (SSSR count). The Morgan fingerprint density at radius 2 is 2.07 bits per heavy atom. The maximum absolute atomic E-state index is 12.6. The summed E-state index contributed by atoms with van der Waals surface area (Å²) in [7, 11) is -3.81. The first kappa shape index (κ1) is 24.4. The molecule has 0 fully saturated rings. The second kappa shape index (κ2) is 9.92. The summed E-state index contributed by atoms with van der Waals surface area (Å²) in [4.78, 5) is 18.0. The van der Waals surface area contributed by atoms with E-state index in [1.165, 1.54) is 23.4 Å². The third-order valence-electron chi connectivity index (χ3n) is 4.00. The van der Waals surface area contributed by atoms with Gasteiger partial charge in [-0.2, -0.15) is 17.9 Å². The van der Waals surface area contributed by atoms with Crippen molar-refractivity contribution in [2.24, 2.45) is 0 Å². The summed E-state index contributed by atoms with van der Waals surface area (Å²) in [5, 5.41) is 12.2. The van der Waals surface area contributed by atoms with Gasteiger partial charge in [-0.1, -0.05) is 22.9 Å². The molecule has 0 unspecified atom stereocenters. The maximum atomic E-state index is 12.6. The number of alkyl halides is 3. The van der Waals surface area contributed by atoms with Crippen LogP contribution < -0.4 is 9.63 Å². The van der Waals surface area contributed by atoms with E-state index in [1.807, 2.05) is 0 Å². The molecule has 0 aliphatic heterocycles. The van der Waals surface area contributed by atoms with Crippen molar-refractivity contribution < 1.29 is 31.1 Å². The quantitative estimate of drug-likeness (QED) is 0.399. The zero-order valence-electron chi connectivity index (χ0n) is 15.9. The Balaban J connectivity index is 2.06. The third kappa shape index (κ3) is 7.10. The van der Waals surface area contributed by atoms with E-state index in [-0.39, 0.29) is 11.7 Å². The Hall–Kier alpha value is -1.92. The normalized spacial score (nSPS) is 12.2. The van der Waals surface area contributed by atoms with Crippen molar-refractivity contribution >= 4 is 43.7 Å². The summed E-state index contributed by atoms with van der Waals surface area (Å²) in [6.45, 7) is 1.85. The van der Waals surface area contributed by atoms with Crippen molar-refractivity contribution in [3.8, 4) is 10.6 Å². The molecular weight excluding hydrogens is 467 g/mol. The van der Waals surface area contributed by atoms with Crippen LogP contribution in [0.1, 0.15) is 26.2 Å². The van der Waals surface area contributed by atoms with Crippen LogP contribution in [0.5, 0.6) is 0 Å². The van der Waals surface area contributed by atoms with E-state index in [4.69, 9.17) is 11.6 Å². The number of halogens is 4. The van der Waals surface area contributed by atoms with E-state index in [9.17, 15) is 31.6 Å². The van der Waals surface area contributed by atoms with Crippen molar-refractivity contribution in [1.82, 2.24) is 4.98 Å². The molecule has 0 spiro atoms. The number of carbonyl (C=O) groups excluding carboxylic acids is 1. The van der Waals surface area contributed by atoms with Gasteiger partial charge >= 0.3 is 6.18 Å². The number of sulfone groups is 1. The number of aromatic nitrogens is 2. The zero-order chi connectivity index (χ0) is 22.5. The van der Waals surface area contributed by atoms with Gasteiger partial charge in [0.1, 0.15) is 10.0 Å². The van der Waals surface area contributed by atoms with Crippen LogP contribution in [-0.2, 0) is 14.6 Å². The fraction of sp³-hybridized carbons (Fsp3) is 0.471. The van der Waals surface area contributed by atoms with Crippen LogP contribution in [0.3, 0.4) is 0 Å². The van der Waals surface area contributed by atoms with Gasteiger partial charge in [0.2, 0.25) is 5.91 Å². The smallest absolute Gasteiger partial charge is 0.389 e. The van der Waals surface area contributed by atoms with Gasteiger partial charge in [-0.25, -0.2) is 13.4 Å². The Labute approximate surface area is 180 Å². The minimum Gasteiger partial charge on any atom is -0.619 e. The Morgan fingerprint density at radius 3 is 2.67 bits per heavy atom. The molecule has 0 atom stereocenters. The van der Waals surface area contributed by atoms with Crippen molar-refractivity contribution in [2.75, 3.05) is 23.0 Å². The minimum absolute atomic E-state index is 0.0273. The second-order valence-corrected chi connectivity index (χ2v) is 9.97. The summed E-state index contributed by atoms with van der Waals surface area (Å²) >= 11 is 7.22. The zero-order valence-corrected chi connectivity index (χ0v) is 18.2. The molecule has 0 N–H and O–H groups in total. The van der Waals surface area contributed by atoms with Gasteiger partial charge in [0.15, 0.2) is 27.4 Å². The van der Waals surface area contributed by atoms with E-state index >= 15 is 0 Å². The molecule has 2 aromatic heterocycles. The molecule has 0 radical (unpaired) electrons. The molecule has 0 aromatic carbocycles. The fourth-order valence-corrected chi connectivity index (χ4v) is 5.23. The molecule has 2 aromatic rings. The van der Waals surface area contributed by atoms with Gasteiger partial charge in [-0.3, -0.25) is 4.79 Å². The second-order valence-electron chi connectivity index (χ2n) is 6.33. The highest BCUT2D eigenvalue weighted by Gasteiger charge is 2.28. The predicted octanol–water partition coefficient (Wildman–Crippen LogP) is 3.60. The van der Waals surface area contributed by atoms with Gasteiger partial charge in [0.05, 0.1) is 17.1 Å². The molecule has 166 valence electrons. The number of rotatable bonds is 9. The maximum Gasteiger partial charge on any atom is 0.389 e. The van der Waals surface area contributed by atoms with Crippen LogP contribution in [0.2, 0.25) is 5.15 Å². The molecule has 7 nitrogen and oxygen atoms in total. The summed E-state index contributed by atoms with van der Waals surface area (Å²) in [5.41, 5.74) is 0.501. The topological polar surface area (TPSA) is 94.3 Å². The van der Waals surface area contributed by atoms with E-state index in [1.54, 1.807) is 13.0 Å². The Kier molecular flexibility index (Phi) is 8.06. The molecule has 0 bridgehead atoms. The van der Waals surface area contributed by atoms with E-state index < -0.39 is 52.7 Å². The molecular formula is C17H19ClF3N3O4S2. The van der Waals surface area contributed by atoms with Crippen LogP contribution in [0.15, 0.2) is 24.5 Å². The lowest BCUT2D eigenvalue weighted by molar-refractivity contribution is -0.604. The number of pyridine rings is 1. The van der Waals surface area contributed by atoms with Crippen molar-refractivity contribution in [3.05, 3.63) is 34.9 Å². The molecule has 13 heteroatoms. The Morgan fingerprint density at radius 1 is 1.37 bits per heavy atom. The fourth-order valence-electron chi connectivity index (χ4n) is 2.57. The number of carbonyl (C=O) groups is 1. The molecule has 1 amide bonds. The number of anilines is 1. The Bertz CT molecular complexity index is 996. The van der Waals surface area contributed by atoms with Crippen molar-refractivity contribution in [1.29, 1.82) is 0 Å². The van der Waals surface area contributed by atoms with Crippen LogP contribution in [0.25, 0.3) is 10.6 Å². The van der Waals surface area contributed by atoms with Gasteiger partial charge in [-0.05, 0) is 19.4 Å². The van der Waals surface area contributed by atoms with Crippen LogP contribution in [-0.4, -0.2) is 43.5 Å². The summed E-state index contributed by atoms with van der Waals surface area (Å²) in [6.07, 6.45) is -3.95. The molecule has 2 heterocycles. The van der Waals surface area contributed by atoms with Gasteiger partial charge in [0.25, 0.3) is 0 Å². The lowest BCUT2D eigenvalue weighted by Crippen LogP contribution is -2.32. The van der Waals surface area contributed by atoms with Gasteiger partial charge < -0.3 is 10.1 Å². The van der Waals surface area contributed by atoms with Gasteiger partial charge in [0, 0.05) is 25.5 Å². The van der Waals surface area contributed by atoms with Crippen LogP contribution in [0.4, 0.5) is 18.2 Å². The molecule has 30 heavy (non-hydrogen) atoms. The molecule has 0 aliphatic rings. The number of hydrogen-bond donors (Lipinski definition) is 0. The van der Waals surface area contributed by atoms with Crippen LogP contribution >= 0.6 is 22.9 Å². The first-order valence-electron chi connectivity index (χ1n) is 8.85. The third-order valence-corrected chi connectivity index (χ3v) is 7.24. The highest BCUT2D eigenvalue weighted by atomic mass is 35.5. The first-order chi connectivity index (χ1) is 13.9. The monoisotopic (exact) mass is 485 g/mol. The number of hydrogen-bond acceptors (Lipinski definition) is 6. The first-order valence-corrected chi connectivity index (χ1v) is 11.9. The standard InChI is InChI=1S/C17H19ClF3N3O4S2/c1-2-24(13(25)6-10-30(27,28)9-4-7-17(19,20)21)16-14(18)22-15(29-16)12-5-3-8-23(26)11-12/h3,5,8,11H,2,4,6-7,9-10H2,1H3. The summed E-state index contributed by atoms with van der Waals surface area (Å²) in [6, 6.07) is 3.18. The van der Waals surface area contributed by atoms with Crippen LogP contribution in [0, 0.1) is 5.21 Å². The van der Waals surface area contributed by atoms with Crippen molar-refractivity contribution in [2.45, 2.75) is 32.4 Å². The summed E-state index contributed by atoms with van der Waals surface area (Å²) in [5.74, 6) is -1.74. The van der Waals surface area contributed by atoms with E-state index in [2.05, 4.69) is 4.98 Å². The highest BCUT2D eigenvalue weighted by molar-refractivity contribution is 7.91. The average molecular weight is 486 g/mol. The summed E-state index contributed by atoms with van der Waals surface area (Å²) < 4.78 is 61.0. The van der Waals surface area contributed by atoms with E-state index in [0.717, 1.165) is 11.3 Å². The molecule has 0 saturated heterocycles.